The van der Waals surface area contributed by atoms with Crippen LogP contribution in [0.3, 0.4) is 0 Å². The first-order valence-corrected chi connectivity index (χ1v) is 5.39. The zero-order chi connectivity index (χ0) is 15.2. The summed E-state index contributed by atoms with van der Waals surface area (Å²) in [6, 6.07) is -0.915. The largest absolute Gasteiger partial charge is 0.409 e. The van der Waals surface area contributed by atoms with E-state index in [4.69, 9.17) is 0 Å². The summed E-state index contributed by atoms with van der Waals surface area (Å²) in [5, 5.41) is 11.0. The topological polar surface area (TPSA) is 49.3 Å². The van der Waals surface area contributed by atoms with Crippen molar-refractivity contribution in [1.82, 2.24) is 5.32 Å². The van der Waals surface area contributed by atoms with E-state index in [0.29, 0.717) is 0 Å². The van der Waals surface area contributed by atoms with Crippen molar-refractivity contribution in [3.8, 4) is 0 Å². The number of aliphatic hydroxyl groups is 1. The molecule has 2 unspecified atom stereocenters. The maximum atomic E-state index is 12.3. The molecule has 1 aliphatic rings. The van der Waals surface area contributed by atoms with Crippen LogP contribution in [0.1, 0.15) is 20.3 Å². The molecule has 0 aromatic heterocycles. The van der Waals surface area contributed by atoms with Gasteiger partial charge in [0.1, 0.15) is 0 Å². The van der Waals surface area contributed by atoms with Crippen LogP contribution >= 0.6 is 0 Å². The minimum Gasteiger partial charge on any atom is -0.392 e. The second-order valence-electron chi connectivity index (χ2n) is 5.15. The van der Waals surface area contributed by atoms with Gasteiger partial charge in [-0.1, -0.05) is 13.8 Å². The lowest BCUT2D eigenvalue weighted by molar-refractivity contribution is -0.275. The summed E-state index contributed by atoms with van der Waals surface area (Å²) in [5.41, 5.74) is -0.947. The predicted octanol–water partition coefficient (Wildman–Crippen LogP) is 2.00. The van der Waals surface area contributed by atoms with Gasteiger partial charge in [0.25, 0.3) is 0 Å². The number of carbonyl (C=O) groups excluding carboxylic acids is 1. The van der Waals surface area contributed by atoms with Gasteiger partial charge in [0.2, 0.25) is 11.8 Å². The van der Waals surface area contributed by atoms with E-state index in [1.807, 2.05) is 0 Å². The predicted molar refractivity (Wildman–Crippen MR) is 51.9 cm³/mol. The van der Waals surface area contributed by atoms with E-state index in [9.17, 15) is 36.2 Å². The van der Waals surface area contributed by atoms with Gasteiger partial charge in [-0.05, 0) is 6.42 Å². The normalized spacial score (nSPS) is 27.1. The van der Waals surface area contributed by atoms with Crippen molar-refractivity contribution in [2.75, 3.05) is 0 Å². The van der Waals surface area contributed by atoms with Crippen LogP contribution in [0, 0.1) is 11.3 Å². The van der Waals surface area contributed by atoms with E-state index < -0.39 is 41.7 Å². The molecule has 9 heteroatoms. The molecule has 112 valence electrons. The molecule has 0 radical (unpaired) electrons. The number of aliphatic hydroxyl groups excluding tert-OH is 1. The van der Waals surface area contributed by atoms with E-state index in [1.54, 1.807) is 5.32 Å². The highest BCUT2D eigenvalue weighted by molar-refractivity contribution is 5.80. The molecule has 1 fully saturated rings. The molecular formula is C10H13F6NO2. The summed E-state index contributed by atoms with van der Waals surface area (Å²) in [6.45, 7) is 2.89. The van der Waals surface area contributed by atoms with Crippen LogP contribution < -0.4 is 5.32 Å². The van der Waals surface area contributed by atoms with Crippen molar-refractivity contribution < 1.29 is 36.2 Å². The first kappa shape index (κ1) is 16.1. The van der Waals surface area contributed by atoms with Crippen molar-refractivity contribution in [2.24, 2.45) is 11.3 Å². The molecule has 2 atom stereocenters. The number of amides is 1. The second kappa shape index (κ2) is 4.53. The molecule has 0 spiro atoms. The minimum atomic E-state index is -5.70. The fraction of sp³-hybridized carbons (Fsp3) is 0.900. The van der Waals surface area contributed by atoms with Gasteiger partial charge in [-0.3, -0.25) is 4.79 Å². The maximum Gasteiger partial charge on any atom is 0.409 e. The van der Waals surface area contributed by atoms with Gasteiger partial charge < -0.3 is 10.4 Å². The first-order chi connectivity index (χ1) is 8.28. The molecular weight excluding hydrogens is 280 g/mol. The van der Waals surface area contributed by atoms with Gasteiger partial charge in [-0.25, -0.2) is 0 Å². The van der Waals surface area contributed by atoms with Crippen LogP contribution in [0.25, 0.3) is 0 Å². The Balaban J connectivity index is 2.81. The SMILES string of the molecule is CC1(C)C(O)CC1NC(=O)C(C(F)(F)F)C(F)(F)F. The number of alkyl halides is 6. The quantitative estimate of drug-likeness (QED) is 0.765. The number of hydrogen-bond donors (Lipinski definition) is 2. The number of halogens is 6. The van der Waals surface area contributed by atoms with E-state index in [1.165, 1.54) is 13.8 Å². The van der Waals surface area contributed by atoms with E-state index in [2.05, 4.69) is 0 Å². The summed E-state index contributed by atoms with van der Waals surface area (Å²) in [6.07, 6.45) is -12.3. The highest BCUT2D eigenvalue weighted by Crippen LogP contribution is 2.43. The van der Waals surface area contributed by atoms with Gasteiger partial charge in [-0.2, -0.15) is 26.3 Å². The number of carbonyl (C=O) groups is 1. The summed E-state index contributed by atoms with van der Waals surface area (Å²) in [7, 11) is 0. The van der Waals surface area contributed by atoms with Crippen LogP contribution in [0.15, 0.2) is 0 Å². The average molecular weight is 293 g/mol. The third kappa shape index (κ3) is 3.13. The molecule has 2 N–H and O–H groups in total. The summed E-state index contributed by atoms with van der Waals surface area (Å²) < 4.78 is 73.7. The lowest BCUT2D eigenvalue weighted by atomic mass is 9.64. The number of hydrogen-bond acceptors (Lipinski definition) is 2. The third-order valence-corrected chi connectivity index (χ3v) is 3.45. The zero-order valence-electron chi connectivity index (χ0n) is 10.1. The Morgan fingerprint density at radius 1 is 1.21 bits per heavy atom. The molecule has 19 heavy (non-hydrogen) atoms. The fourth-order valence-corrected chi connectivity index (χ4v) is 1.89. The monoisotopic (exact) mass is 293 g/mol. The number of rotatable bonds is 2. The summed E-state index contributed by atoms with van der Waals surface area (Å²) >= 11 is 0. The Morgan fingerprint density at radius 2 is 1.63 bits per heavy atom. The minimum absolute atomic E-state index is 0.0683. The Hall–Kier alpha value is -0.990. The van der Waals surface area contributed by atoms with Crippen molar-refractivity contribution >= 4 is 5.91 Å². The third-order valence-electron chi connectivity index (χ3n) is 3.45. The molecule has 1 amide bonds. The summed E-state index contributed by atoms with van der Waals surface area (Å²) in [5.74, 6) is -6.18. The average Bonchev–Trinajstić information content (AvgIpc) is 2.12. The Kier molecular flexibility index (Phi) is 3.83. The van der Waals surface area contributed by atoms with Gasteiger partial charge in [0.15, 0.2) is 0 Å². The molecule has 0 aromatic carbocycles. The molecule has 1 rings (SSSR count). The van der Waals surface area contributed by atoms with Crippen molar-refractivity contribution in [1.29, 1.82) is 0 Å². The van der Waals surface area contributed by atoms with E-state index in [0.717, 1.165) is 0 Å². The molecule has 0 aliphatic heterocycles. The molecule has 0 heterocycles. The van der Waals surface area contributed by atoms with Crippen LogP contribution in [0.2, 0.25) is 0 Å². The van der Waals surface area contributed by atoms with E-state index in [-0.39, 0.29) is 6.42 Å². The summed E-state index contributed by atoms with van der Waals surface area (Å²) in [4.78, 5) is 11.2. The fourth-order valence-electron chi connectivity index (χ4n) is 1.89. The molecule has 0 aromatic rings. The number of nitrogens with one attached hydrogen (secondary N) is 1. The molecule has 1 aliphatic carbocycles. The zero-order valence-corrected chi connectivity index (χ0v) is 10.1. The Labute approximate surface area is 105 Å². The highest BCUT2D eigenvalue weighted by Gasteiger charge is 2.62. The lowest BCUT2D eigenvalue weighted by Crippen LogP contribution is -2.63. The van der Waals surface area contributed by atoms with Gasteiger partial charge >= 0.3 is 12.4 Å². The van der Waals surface area contributed by atoms with Gasteiger partial charge in [-0.15, -0.1) is 0 Å². The van der Waals surface area contributed by atoms with Crippen LogP contribution in [-0.2, 0) is 4.79 Å². The Morgan fingerprint density at radius 3 is 1.89 bits per heavy atom. The van der Waals surface area contributed by atoms with Crippen molar-refractivity contribution in [3.63, 3.8) is 0 Å². The van der Waals surface area contributed by atoms with Crippen LogP contribution in [0.5, 0.6) is 0 Å². The standard InChI is InChI=1S/C10H13F6NO2/c1-8(2)4(3-5(8)18)17-7(19)6(9(11,12)13)10(14,15)16/h4-6,18H,3H2,1-2H3,(H,17,19). The lowest BCUT2D eigenvalue weighted by Gasteiger charge is -2.49. The smallest absolute Gasteiger partial charge is 0.392 e. The van der Waals surface area contributed by atoms with Gasteiger partial charge in [0.05, 0.1) is 6.10 Å². The van der Waals surface area contributed by atoms with E-state index >= 15 is 0 Å². The van der Waals surface area contributed by atoms with Crippen LogP contribution in [-0.4, -0.2) is 35.5 Å². The van der Waals surface area contributed by atoms with Crippen molar-refractivity contribution in [2.45, 2.75) is 44.8 Å². The highest BCUT2D eigenvalue weighted by atomic mass is 19.4. The van der Waals surface area contributed by atoms with Crippen molar-refractivity contribution in [3.05, 3.63) is 0 Å². The molecule has 1 saturated carbocycles. The molecule has 0 saturated heterocycles. The second-order valence-corrected chi connectivity index (χ2v) is 5.15. The Bertz CT molecular complexity index is 348. The molecule has 0 bridgehead atoms. The van der Waals surface area contributed by atoms with Gasteiger partial charge in [0, 0.05) is 11.5 Å². The molecule has 3 nitrogen and oxygen atoms in total. The maximum absolute atomic E-state index is 12.3. The first-order valence-electron chi connectivity index (χ1n) is 5.39. The van der Waals surface area contributed by atoms with Crippen LogP contribution in [0.4, 0.5) is 26.3 Å².